The van der Waals surface area contributed by atoms with Crippen LogP contribution in [0.3, 0.4) is 0 Å². The van der Waals surface area contributed by atoms with Crippen LogP contribution in [0.4, 0.5) is 5.69 Å². The van der Waals surface area contributed by atoms with Gasteiger partial charge in [0.25, 0.3) is 0 Å². The number of para-hydroxylation sites is 1. The van der Waals surface area contributed by atoms with Crippen molar-refractivity contribution in [3.8, 4) is 0 Å². The molecule has 0 radical (unpaired) electrons. The lowest BCUT2D eigenvalue weighted by Gasteiger charge is -2.34. The second-order valence-corrected chi connectivity index (χ2v) is 6.61. The molecule has 20 heavy (non-hydrogen) atoms. The van der Waals surface area contributed by atoms with Crippen molar-refractivity contribution in [2.75, 3.05) is 11.4 Å². The standard InChI is InChI=1S/C17H21NO2/c1-17(2)10-5-7-13(17)16(20)18-11-9-15(19)12-6-3-4-8-14(12)18/h3-4,6,8,13H,5,7,9-11H2,1-2H3. The average Bonchev–Trinajstić information content (AvgIpc) is 2.78. The third kappa shape index (κ3) is 2.05. The quantitative estimate of drug-likeness (QED) is 0.784. The minimum Gasteiger partial charge on any atom is -0.311 e. The van der Waals surface area contributed by atoms with E-state index in [2.05, 4.69) is 13.8 Å². The fourth-order valence-electron chi connectivity index (χ4n) is 3.61. The Morgan fingerprint density at radius 1 is 1.30 bits per heavy atom. The molecule has 1 fully saturated rings. The molecule has 3 nitrogen and oxygen atoms in total. The molecule has 0 bridgehead atoms. The van der Waals surface area contributed by atoms with E-state index in [4.69, 9.17) is 0 Å². The maximum Gasteiger partial charge on any atom is 0.230 e. The first kappa shape index (κ1) is 13.3. The third-order valence-electron chi connectivity index (χ3n) is 4.88. The Hall–Kier alpha value is -1.64. The second-order valence-electron chi connectivity index (χ2n) is 6.61. The number of fused-ring (bicyclic) bond motifs is 1. The summed E-state index contributed by atoms with van der Waals surface area (Å²) in [5, 5.41) is 0. The Bertz CT molecular complexity index is 562. The first-order chi connectivity index (χ1) is 9.50. The zero-order chi connectivity index (χ0) is 14.3. The first-order valence-corrected chi connectivity index (χ1v) is 7.44. The molecule has 1 amide bonds. The zero-order valence-corrected chi connectivity index (χ0v) is 12.2. The molecule has 1 atom stereocenters. The van der Waals surface area contributed by atoms with E-state index in [1.807, 2.05) is 29.2 Å². The van der Waals surface area contributed by atoms with Crippen LogP contribution in [-0.2, 0) is 4.79 Å². The highest BCUT2D eigenvalue weighted by Gasteiger charge is 2.42. The SMILES string of the molecule is CC1(C)CCCC1C(=O)N1CCC(=O)c2ccccc21. The van der Waals surface area contributed by atoms with Gasteiger partial charge in [-0.05, 0) is 30.4 Å². The van der Waals surface area contributed by atoms with Gasteiger partial charge in [-0.2, -0.15) is 0 Å². The molecule has 0 N–H and O–H groups in total. The molecule has 0 saturated heterocycles. The molecule has 1 aromatic carbocycles. The Balaban J connectivity index is 1.94. The molecule has 1 saturated carbocycles. The lowest BCUT2D eigenvalue weighted by molar-refractivity contribution is -0.124. The highest BCUT2D eigenvalue weighted by molar-refractivity contribution is 6.09. The number of nitrogens with zero attached hydrogens (tertiary/aromatic N) is 1. The van der Waals surface area contributed by atoms with E-state index in [0.29, 0.717) is 18.5 Å². The molecule has 2 aliphatic rings. The van der Waals surface area contributed by atoms with Gasteiger partial charge >= 0.3 is 0 Å². The monoisotopic (exact) mass is 271 g/mol. The lowest BCUT2D eigenvalue weighted by atomic mass is 9.80. The number of ketones is 1. The number of hydrogen-bond donors (Lipinski definition) is 0. The Labute approximate surface area is 120 Å². The van der Waals surface area contributed by atoms with Gasteiger partial charge in [0.2, 0.25) is 5.91 Å². The van der Waals surface area contributed by atoms with E-state index in [-0.39, 0.29) is 23.0 Å². The summed E-state index contributed by atoms with van der Waals surface area (Å²) >= 11 is 0. The lowest BCUT2D eigenvalue weighted by Crippen LogP contribution is -2.43. The fraction of sp³-hybridized carbons (Fsp3) is 0.529. The second kappa shape index (κ2) is 4.72. The van der Waals surface area contributed by atoms with Gasteiger partial charge in [0.15, 0.2) is 5.78 Å². The molecule has 1 aliphatic carbocycles. The van der Waals surface area contributed by atoms with Crippen LogP contribution < -0.4 is 4.90 Å². The maximum absolute atomic E-state index is 12.9. The van der Waals surface area contributed by atoms with Crippen molar-refractivity contribution in [2.24, 2.45) is 11.3 Å². The van der Waals surface area contributed by atoms with Crippen molar-refractivity contribution in [1.29, 1.82) is 0 Å². The van der Waals surface area contributed by atoms with Crippen LogP contribution in [0.25, 0.3) is 0 Å². The zero-order valence-electron chi connectivity index (χ0n) is 12.2. The number of amides is 1. The molecule has 1 aromatic rings. The van der Waals surface area contributed by atoms with Crippen LogP contribution in [-0.4, -0.2) is 18.2 Å². The van der Waals surface area contributed by atoms with E-state index in [1.54, 1.807) is 0 Å². The molecule has 1 aliphatic heterocycles. The van der Waals surface area contributed by atoms with Crippen molar-refractivity contribution in [1.82, 2.24) is 0 Å². The van der Waals surface area contributed by atoms with Crippen molar-refractivity contribution < 1.29 is 9.59 Å². The van der Waals surface area contributed by atoms with Crippen LogP contribution >= 0.6 is 0 Å². The van der Waals surface area contributed by atoms with E-state index >= 15 is 0 Å². The number of rotatable bonds is 1. The van der Waals surface area contributed by atoms with Gasteiger partial charge in [0, 0.05) is 24.4 Å². The molecular weight excluding hydrogens is 250 g/mol. The number of carbonyl (C=O) groups is 2. The Kier molecular flexibility index (Phi) is 3.15. The molecular formula is C17H21NO2. The van der Waals surface area contributed by atoms with Crippen molar-refractivity contribution >= 4 is 17.4 Å². The summed E-state index contributed by atoms with van der Waals surface area (Å²) in [5.74, 6) is 0.437. The number of Topliss-reactive ketones (excluding diaryl/α,β-unsaturated/α-hetero) is 1. The van der Waals surface area contributed by atoms with Gasteiger partial charge in [0.05, 0.1) is 5.69 Å². The number of benzene rings is 1. The minimum absolute atomic E-state index is 0.0769. The molecule has 106 valence electrons. The van der Waals surface area contributed by atoms with Crippen LogP contribution in [0.2, 0.25) is 0 Å². The smallest absolute Gasteiger partial charge is 0.230 e. The van der Waals surface area contributed by atoms with Gasteiger partial charge in [0.1, 0.15) is 0 Å². The third-order valence-corrected chi connectivity index (χ3v) is 4.88. The van der Waals surface area contributed by atoms with Crippen molar-refractivity contribution in [3.63, 3.8) is 0 Å². The Morgan fingerprint density at radius 2 is 2.05 bits per heavy atom. The van der Waals surface area contributed by atoms with E-state index < -0.39 is 0 Å². The van der Waals surface area contributed by atoms with Gasteiger partial charge in [-0.1, -0.05) is 32.4 Å². The Morgan fingerprint density at radius 3 is 2.75 bits per heavy atom. The molecule has 1 heterocycles. The summed E-state index contributed by atoms with van der Waals surface area (Å²) in [6, 6.07) is 7.49. The highest BCUT2D eigenvalue weighted by atomic mass is 16.2. The van der Waals surface area contributed by atoms with E-state index in [1.165, 1.54) is 0 Å². The maximum atomic E-state index is 12.9. The average molecular weight is 271 g/mol. The fourth-order valence-corrected chi connectivity index (χ4v) is 3.61. The predicted octanol–water partition coefficient (Wildman–Crippen LogP) is 3.43. The normalized spacial score (nSPS) is 24.6. The highest BCUT2D eigenvalue weighted by Crippen LogP contribution is 2.44. The van der Waals surface area contributed by atoms with Gasteiger partial charge in [-0.25, -0.2) is 0 Å². The summed E-state index contributed by atoms with van der Waals surface area (Å²) in [6.07, 6.45) is 3.64. The number of carbonyl (C=O) groups excluding carboxylic acids is 2. The number of hydrogen-bond acceptors (Lipinski definition) is 2. The summed E-state index contributed by atoms with van der Waals surface area (Å²) in [5.41, 5.74) is 1.58. The van der Waals surface area contributed by atoms with Crippen LogP contribution in [0.15, 0.2) is 24.3 Å². The van der Waals surface area contributed by atoms with Crippen molar-refractivity contribution in [3.05, 3.63) is 29.8 Å². The summed E-state index contributed by atoms with van der Waals surface area (Å²) < 4.78 is 0. The topological polar surface area (TPSA) is 37.4 Å². The van der Waals surface area contributed by atoms with Crippen LogP contribution in [0, 0.1) is 11.3 Å². The summed E-state index contributed by atoms with van der Waals surface area (Å²) in [6.45, 7) is 4.90. The van der Waals surface area contributed by atoms with Crippen LogP contribution in [0.1, 0.15) is 49.9 Å². The van der Waals surface area contributed by atoms with E-state index in [9.17, 15) is 9.59 Å². The van der Waals surface area contributed by atoms with Crippen molar-refractivity contribution in [2.45, 2.75) is 39.5 Å². The first-order valence-electron chi connectivity index (χ1n) is 7.44. The summed E-state index contributed by atoms with van der Waals surface area (Å²) in [7, 11) is 0. The van der Waals surface area contributed by atoms with Gasteiger partial charge in [-0.15, -0.1) is 0 Å². The van der Waals surface area contributed by atoms with Crippen LogP contribution in [0.5, 0.6) is 0 Å². The van der Waals surface area contributed by atoms with Gasteiger partial charge in [-0.3, -0.25) is 9.59 Å². The molecule has 0 aromatic heterocycles. The van der Waals surface area contributed by atoms with E-state index in [0.717, 1.165) is 24.9 Å². The number of anilines is 1. The summed E-state index contributed by atoms with van der Waals surface area (Å²) in [4.78, 5) is 26.7. The molecule has 1 unspecified atom stereocenters. The minimum atomic E-state index is 0.0769. The predicted molar refractivity (Wildman–Crippen MR) is 78.9 cm³/mol. The molecule has 3 heteroatoms. The van der Waals surface area contributed by atoms with Gasteiger partial charge < -0.3 is 4.90 Å². The molecule has 0 spiro atoms. The molecule has 3 rings (SSSR count). The largest absolute Gasteiger partial charge is 0.311 e.